The minimum absolute atomic E-state index is 0.0195. The smallest absolute Gasteiger partial charge is 0.146 e. The van der Waals surface area contributed by atoms with E-state index in [1.165, 1.54) is 36.4 Å². The van der Waals surface area contributed by atoms with Gasteiger partial charge in [-0.2, -0.15) is 0 Å². The van der Waals surface area contributed by atoms with Crippen molar-refractivity contribution >= 4 is 67.8 Å². The number of aliphatic hydroxyl groups excluding tert-OH is 1. The Balaban J connectivity index is 1.82. The molecule has 0 heterocycles. The summed E-state index contributed by atoms with van der Waals surface area (Å²) in [6.07, 6.45) is 8.13. The van der Waals surface area contributed by atoms with Gasteiger partial charge in [-0.15, -0.1) is 0 Å². The maximum absolute atomic E-state index is 10.4. The predicted octanol–water partition coefficient (Wildman–Crippen LogP) is 5.35. The molecule has 2 unspecified atom stereocenters. The van der Waals surface area contributed by atoms with E-state index in [4.69, 9.17) is 4.74 Å². The van der Waals surface area contributed by atoms with Crippen molar-refractivity contribution in [2.24, 2.45) is 5.41 Å². The van der Waals surface area contributed by atoms with E-state index < -0.39 is 0 Å². The Morgan fingerprint density at radius 3 is 2.10 bits per heavy atom. The molecule has 0 aliphatic heterocycles. The molecule has 21 heavy (non-hydrogen) atoms. The van der Waals surface area contributed by atoms with Crippen LogP contribution in [0.5, 0.6) is 5.75 Å². The number of halogens is 3. The van der Waals surface area contributed by atoms with Crippen LogP contribution in [0, 0.1) is 16.1 Å². The average molecular weight is 624 g/mol. The lowest BCUT2D eigenvalue weighted by Crippen LogP contribution is -2.59. The van der Waals surface area contributed by atoms with Gasteiger partial charge in [0.2, 0.25) is 0 Å². The molecule has 5 heteroatoms. The van der Waals surface area contributed by atoms with Crippen molar-refractivity contribution in [1.82, 2.24) is 0 Å². The minimum Gasteiger partial charge on any atom is -0.487 e. The molecule has 2 saturated carbocycles. The second-order valence-corrected chi connectivity index (χ2v) is 9.77. The van der Waals surface area contributed by atoms with E-state index in [0.717, 1.165) is 25.0 Å². The number of aliphatic hydroxyl groups is 1. The number of benzene rings is 1. The monoisotopic (exact) mass is 624 g/mol. The molecule has 2 aliphatic rings. The SMILES string of the molecule is OC1CC(Oc2c(I)cc(I)cc2I)C12CCCCCC2. The third kappa shape index (κ3) is 3.35. The average Bonchev–Trinajstić information content (AvgIpc) is 2.69. The van der Waals surface area contributed by atoms with E-state index in [1.54, 1.807) is 0 Å². The van der Waals surface area contributed by atoms with Crippen LogP contribution in [-0.4, -0.2) is 17.3 Å². The molecule has 0 saturated heterocycles. The summed E-state index contributed by atoms with van der Waals surface area (Å²) >= 11 is 7.07. The Kier molecular flexibility index (Phi) is 5.64. The van der Waals surface area contributed by atoms with Gasteiger partial charge in [0.05, 0.1) is 13.2 Å². The molecule has 2 atom stereocenters. The Morgan fingerprint density at radius 2 is 1.57 bits per heavy atom. The zero-order chi connectivity index (χ0) is 15.0. The highest BCUT2D eigenvalue weighted by Crippen LogP contribution is 2.53. The van der Waals surface area contributed by atoms with Crippen molar-refractivity contribution in [1.29, 1.82) is 0 Å². The van der Waals surface area contributed by atoms with Gasteiger partial charge in [0.1, 0.15) is 11.9 Å². The van der Waals surface area contributed by atoms with Crippen LogP contribution in [0.1, 0.15) is 44.9 Å². The molecule has 2 nitrogen and oxygen atoms in total. The fourth-order valence-electron chi connectivity index (χ4n) is 3.72. The van der Waals surface area contributed by atoms with Gasteiger partial charge in [-0.3, -0.25) is 0 Å². The van der Waals surface area contributed by atoms with Crippen LogP contribution >= 0.6 is 67.8 Å². The molecular weight excluding hydrogens is 605 g/mol. The first-order valence-corrected chi connectivity index (χ1v) is 10.8. The second kappa shape index (κ2) is 6.96. The molecular formula is C16H19I3O2. The number of hydrogen-bond donors (Lipinski definition) is 1. The molecule has 2 fully saturated rings. The summed E-state index contributed by atoms with van der Waals surface area (Å²) < 4.78 is 10.0. The first kappa shape index (κ1) is 17.0. The third-order valence-corrected chi connectivity index (χ3v) is 7.23. The molecule has 0 amide bonds. The fraction of sp³-hybridized carbons (Fsp3) is 0.625. The number of ether oxygens (including phenoxy) is 1. The van der Waals surface area contributed by atoms with E-state index in [9.17, 15) is 5.11 Å². The lowest BCUT2D eigenvalue weighted by molar-refractivity contribution is -0.163. The molecule has 1 aromatic rings. The standard InChI is InChI=1S/C16H19I3O2/c17-10-7-11(18)15(12(19)8-10)21-14-9-13(20)16(14)5-3-1-2-4-6-16/h7-8,13-14,20H,1-6,9H2. The Morgan fingerprint density at radius 1 is 1.00 bits per heavy atom. The topological polar surface area (TPSA) is 29.5 Å². The molecule has 0 radical (unpaired) electrons. The van der Waals surface area contributed by atoms with Crippen molar-refractivity contribution < 1.29 is 9.84 Å². The zero-order valence-corrected chi connectivity index (χ0v) is 18.2. The van der Waals surface area contributed by atoms with Gasteiger partial charge < -0.3 is 9.84 Å². The van der Waals surface area contributed by atoms with Gasteiger partial charge in [0.25, 0.3) is 0 Å². The molecule has 1 N–H and O–H groups in total. The second-order valence-electron chi connectivity index (χ2n) is 6.20. The fourth-order valence-corrected chi connectivity index (χ4v) is 7.55. The summed E-state index contributed by atoms with van der Waals surface area (Å²) in [6.45, 7) is 0. The van der Waals surface area contributed by atoms with Crippen LogP contribution in [0.2, 0.25) is 0 Å². The first-order chi connectivity index (χ1) is 10.0. The van der Waals surface area contributed by atoms with E-state index in [2.05, 4.69) is 79.9 Å². The van der Waals surface area contributed by atoms with Crippen LogP contribution < -0.4 is 4.74 Å². The first-order valence-electron chi connectivity index (χ1n) is 7.52. The van der Waals surface area contributed by atoms with Gasteiger partial charge in [-0.05, 0) is 92.7 Å². The molecule has 1 spiro atoms. The quantitative estimate of drug-likeness (QED) is 0.450. The van der Waals surface area contributed by atoms with Crippen LogP contribution in [-0.2, 0) is 0 Å². The maximum atomic E-state index is 10.4. The summed E-state index contributed by atoms with van der Waals surface area (Å²) in [5, 5.41) is 10.4. The van der Waals surface area contributed by atoms with Gasteiger partial charge in [-0.25, -0.2) is 0 Å². The van der Waals surface area contributed by atoms with Crippen molar-refractivity contribution in [3.05, 3.63) is 22.8 Å². The van der Waals surface area contributed by atoms with E-state index in [-0.39, 0.29) is 17.6 Å². The summed E-state index contributed by atoms with van der Waals surface area (Å²) in [6, 6.07) is 4.32. The van der Waals surface area contributed by atoms with E-state index in [0.29, 0.717) is 0 Å². The highest BCUT2D eigenvalue weighted by atomic mass is 127. The Bertz CT molecular complexity index is 501. The largest absolute Gasteiger partial charge is 0.487 e. The van der Waals surface area contributed by atoms with E-state index in [1.807, 2.05) is 0 Å². The molecule has 116 valence electrons. The van der Waals surface area contributed by atoms with Crippen molar-refractivity contribution in [3.63, 3.8) is 0 Å². The van der Waals surface area contributed by atoms with Crippen molar-refractivity contribution in [3.8, 4) is 5.75 Å². The molecule has 0 bridgehead atoms. The van der Waals surface area contributed by atoms with Gasteiger partial charge >= 0.3 is 0 Å². The zero-order valence-electron chi connectivity index (χ0n) is 11.7. The highest BCUT2D eigenvalue weighted by molar-refractivity contribution is 14.1. The van der Waals surface area contributed by atoms with Crippen LogP contribution in [0.25, 0.3) is 0 Å². The van der Waals surface area contributed by atoms with Crippen LogP contribution in [0.4, 0.5) is 0 Å². The number of hydrogen-bond acceptors (Lipinski definition) is 2. The molecule has 2 aliphatic carbocycles. The molecule has 3 rings (SSSR count). The highest BCUT2D eigenvalue weighted by Gasteiger charge is 2.55. The normalized spacial score (nSPS) is 28.0. The maximum Gasteiger partial charge on any atom is 0.146 e. The number of rotatable bonds is 2. The summed E-state index contributed by atoms with van der Waals surface area (Å²) in [5.74, 6) is 1.01. The predicted molar refractivity (Wildman–Crippen MR) is 110 cm³/mol. The van der Waals surface area contributed by atoms with Crippen molar-refractivity contribution in [2.45, 2.75) is 57.2 Å². The van der Waals surface area contributed by atoms with E-state index >= 15 is 0 Å². The van der Waals surface area contributed by atoms with Gasteiger partial charge in [0.15, 0.2) is 0 Å². The summed E-state index contributed by atoms with van der Waals surface area (Å²) in [4.78, 5) is 0. The molecule has 1 aromatic carbocycles. The van der Waals surface area contributed by atoms with Gasteiger partial charge in [0, 0.05) is 15.4 Å². The minimum atomic E-state index is -0.167. The lowest BCUT2D eigenvalue weighted by atomic mass is 9.59. The van der Waals surface area contributed by atoms with Gasteiger partial charge in [-0.1, -0.05) is 25.7 Å². The lowest BCUT2D eigenvalue weighted by Gasteiger charge is -2.53. The Hall–Kier alpha value is 1.17. The summed E-state index contributed by atoms with van der Waals surface area (Å²) in [7, 11) is 0. The Labute approximate surface area is 167 Å². The summed E-state index contributed by atoms with van der Waals surface area (Å²) in [5.41, 5.74) is 0.0195. The van der Waals surface area contributed by atoms with Crippen LogP contribution in [0.15, 0.2) is 12.1 Å². The van der Waals surface area contributed by atoms with Crippen LogP contribution in [0.3, 0.4) is 0 Å². The van der Waals surface area contributed by atoms with Crippen molar-refractivity contribution in [2.75, 3.05) is 0 Å². The molecule has 0 aromatic heterocycles. The third-order valence-electron chi connectivity index (χ3n) is 5.00.